The van der Waals surface area contributed by atoms with Crippen molar-refractivity contribution in [3.63, 3.8) is 0 Å². The van der Waals surface area contributed by atoms with Crippen LogP contribution in [0.4, 0.5) is 0 Å². The number of likely N-dealkylation sites (tertiary alicyclic amines) is 1. The lowest BCUT2D eigenvalue weighted by molar-refractivity contribution is -0.143. The normalized spacial score (nSPS) is 26.0. The molecule has 2 fully saturated rings. The zero-order chi connectivity index (χ0) is 14.8. The van der Waals surface area contributed by atoms with Crippen molar-refractivity contribution in [2.75, 3.05) is 19.7 Å². The molecule has 1 N–H and O–H groups in total. The van der Waals surface area contributed by atoms with Gasteiger partial charge in [0.1, 0.15) is 16.0 Å². The van der Waals surface area contributed by atoms with Gasteiger partial charge in [-0.05, 0) is 25.7 Å². The molecule has 0 radical (unpaired) electrons. The number of carboxylic acid groups (broad SMARTS) is 1. The van der Waals surface area contributed by atoms with Crippen LogP contribution in [-0.4, -0.2) is 46.6 Å². The average Bonchev–Trinajstić information content (AvgIpc) is 3.17. The molecular formula is C14H18N2O4S. The number of ether oxygens (including phenoxy) is 1. The fourth-order valence-electron chi connectivity index (χ4n) is 2.83. The number of carbonyl (C=O) groups is 2. The Morgan fingerprint density at radius 2 is 2.24 bits per heavy atom. The van der Waals surface area contributed by atoms with Gasteiger partial charge in [-0.1, -0.05) is 0 Å². The molecule has 2 atom stereocenters. The van der Waals surface area contributed by atoms with E-state index in [0.717, 1.165) is 30.9 Å². The van der Waals surface area contributed by atoms with E-state index in [1.165, 1.54) is 11.3 Å². The fraction of sp³-hybridized carbons (Fsp3) is 0.643. The summed E-state index contributed by atoms with van der Waals surface area (Å²) in [5.41, 5.74) is 0. The van der Waals surface area contributed by atoms with Gasteiger partial charge in [-0.3, -0.25) is 9.59 Å². The van der Waals surface area contributed by atoms with E-state index >= 15 is 0 Å². The van der Waals surface area contributed by atoms with Crippen molar-refractivity contribution < 1.29 is 19.4 Å². The molecule has 3 rings (SSSR count). The molecule has 1 aromatic heterocycles. The van der Waals surface area contributed by atoms with Crippen LogP contribution in [0.5, 0.6) is 0 Å². The number of nitrogens with zero attached hydrogens (tertiary/aromatic N) is 2. The van der Waals surface area contributed by atoms with Gasteiger partial charge in [-0.25, -0.2) is 4.98 Å². The summed E-state index contributed by atoms with van der Waals surface area (Å²) in [6.45, 7) is 1.66. The monoisotopic (exact) mass is 310 g/mol. The third-order valence-corrected chi connectivity index (χ3v) is 5.07. The van der Waals surface area contributed by atoms with Crippen LogP contribution < -0.4 is 0 Å². The van der Waals surface area contributed by atoms with E-state index in [2.05, 4.69) is 4.98 Å². The Kier molecular flexibility index (Phi) is 4.21. The molecule has 2 aliphatic heterocycles. The zero-order valence-electron chi connectivity index (χ0n) is 11.7. The number of amides is 1. The molecule has 1 aromatic rings. The van der Waals surface area contributed by atoms with Crippen LogP contribution in [0.2, 0.25) is 0 Å². The van der Waals surface area contributed by atoms with Crippen molar-refractivity contribution in [3.8, 4) is 0 Å². The van der Waals surface area contributed by atoms with E-state index in [1.807, 2.05) is 0 Å². The highest BCUT2D eigenvalue weighted by molar-refractivity contribution is 7.13. The number of aliphatic carboxylic acids is 1. The smallest absolute Gasteiger partial charge is 0.308 e. The number of piperidine rings is 1. The first-order valence-electron chi connectivity index (χ1n) is 7.24. The third-order valence-electron chi connectivity index (χ3n) is 4.00. The molecule has 0 bridgehead atoms. The molecule has 0 saturated carbocycles. The Hall–Kier alpha value is -1.47. The predicted molar refractivity (Wildman–Crippen MR) is 76.3 cm³/mol. The minimum atomic E-state index is -0.822. The number of carbonyl (C=O) groups excluding carboxylic acids is 1. The minimum absolute atomic E-state index is 0.0182. The van der Waals surface area contributed by atoms with E-state index in [1.54, 1.807) is 11.1 Å². The fourth-order valence-corrected chi connectivity index (χ4v) is 3.80. The summed E-state index contributed by atoms with van der Waals surface area (Å²) in [6.07, 6.45) is 4.97. The molecule has 0 aromatic carbocycles. The third kappa shape index (κ3) is 3.08. The lowest BCUT2D eigenvalue weighted by Crippen LogP contribution is -2.42. The summed E-state index contributed by atoms with van der Waals surface area (Å²) < 4.78 is 5.57. The summed E-state index contributed by atoms with van der Waals surface area (Å²) in [7, 11) is 0. The van der Waals surface area contributed by atoms with Crippen LogP contribution in [0.15, 0.2) is 6.20 Å². The van der Waals surface area contributed by atoms with Crippen molar-refractivity contribution in [2.45, 2.75) is 31.8 Å². The maximum absolute atomic E-state index is 12.5. The lowest BCUT2D eigenvalue weighted by atomic mass is 9.98. The highest BCUT2D eigenvalue weighted by Crippen LogP contribution is 2.32. The first kappa shape index (κ1) is 14.5. The Morgan fingerprint density at radius 1 is 1.38 bits per heavy atom. The second kappa shape index (κ2) is 6.11. The van der Waals surface area contributed by atoms with Crippen LogP contribution in [0.25, 0.3) is 0 Å². The molecule has 1 amide bonds. The number of aromatic nitrogens is 1. The van der Waals surface area contributed by atoms with Crippen molar-refractivity contribution in [3.05, 3.63) is 16.1 Å². The van der Waals surface area contributed by atoms with E-state index in [-0.39, 0.29) is 12.0 Å². The van der Waals surface area contributed by atoms with Crippen molar-refractivity contribution in [1.29, 1.82) is 0 Å². The summed E-state index contributed by atoms with van der Waals surface area (Å²) in [5.74, 6) is -1.38. The average molecular weight is 310 g/mol. The van der Waals surface area contributed by atoms with E-state index in [0.29, 0.717) is 24.4 Å². The van der Waals surface area contributed by atoms with Gasteiger partial charge in [0, 0.05) is 19.7 Å². The molecule has 6 nitrogen and oxygen atoms in total. The topological polar surface area (TPSA) is 79.7 Å². The Labute approximate surface area is 126 Å². The molecule has 0 spiro atoms. The molecule has 21 heavy (non-hydrogen) atoms. The Balaban J connectivity index is 1.68. The molecule has 3 heterocycles. The maximum Gasteiger partial charge on any atom is 0.308 e. The van der Waals surface area contributed by atoms with Gasteiger partial charge in [0.15, 0.2) is 0 Å². The largest absolute Gasteiger partial charge is 0.481 e. The van der Waals surface area contributed by atoms with Gasteiger partial charge in [-0.15, -0.1) is 11.3 Å². The molecule has 7 heteroatoms. The summed E-state index contributed by atoms with van der Waals surface area (Å²) in [6, 6.07) is 0. The predicted octanol–water partition coefficient (Wildman–Crippen LogP) is 1.93. The Morgan fingerprint density at radius 3 is 2.95 bits per heavy atom. The zero-order valence-corrected chi connectivity index (χ0v) is 12.5. The van der Waals surface area contributed by atoms with Crippen LogP contribution in [0.1, 0.15) is 46.5 Å². The number of carboxylic acids is 1. The summed E-state index contributed by atoms with van der Waals surface area (Å²) in [4.78, 5) is 30.0. The van der Waals surface area contributed by atoms with Crippen molar-refractivity contribution in [1.82, 2.24) is 9.88 Å². The van der Waals surface area contributed by atoms with E-state index in [4.69, 9.17) is 9.84 Å². The van der Waals surface area contributed by atoms with Crippen LogP contribution in [0.3, 0.4) is 0 Å². The van der Waals surface area contributed by atoms with Gasteiger partial charge in [-0.2, -0.15) is 0 Å². The Bertz CT molecular complexity index is 539. The molecule has 2 saturated heterocycles. The lowest BCUT2D eigenvalue weighted by Gasteiger charge is -2.30. The molecule has 0 aliphatic carbocycles. The summed E-state index contributed by atoms with van der Waals surface area (Å²) in [5, 5.41) is 9.94. The molecule has 2 aliphatic rings. The molecular weight excluding hydrogens is 292 g/mol. The first-order valence-corrected chi connectivity index (χ1v) is 8.06. The standard InChI is InChI=1S/C14H18N2O4S/c17-13(16-5-1-3-9(8-16)14(18)19)11-7-15-12(21-11)10-4-2-6-20-10/h7,9-10H,1-6,8H2,(H,18,19)/t9-,10?/m0/s1. The van der Waals surface area contributed by atoms with Gasteiger partial charge in [0.25, 0.3) is 5.91 Å². The SMILES string of the molecule is O=C(O)[C@H]1CCCN(C(=O)c2cnc(C3CCCO3)s2)C1. The van der Waals surface area contributed by atoms with Crippen molar-refractivity contribution >= 4 is 23.2 Å². The second-order valence-corrected chi connectivity index (χ2v) is 6.56. The van der Waals surface area contributed by atoms with Crippen LogP contribution in [-0.2, 0) is 9.53 Å². The number of hydrogen-bond donors (Lipinski definition) is 1. The van der Waals surface area contributed by atoms with E-state index < -0.39 is 11.9 Å². The van der Waals surface area contributed by atoms with Crippen molar-refractivity contribution in [2.24, 2.45) is 5.92 Å². The highest BCUT2D eigenvalue weighted by atomic mass is 32.1. The quantitative estimate of drug-likeness (QED) is 0.923. The van der Waals surface area contributed by atoms with Crippen LogP contribution in [0, 0.1) is 5.92 Å². The highest BCUT2D eigenvalue weighted by Gasteiger charge is 2.30. The maximum atomic E-state index is 12.5. The molecule has 1 unspecified atom stereocenters. The van der Waals surface area contributed by atoms with Gasteiger partial charge in [0.2, 0.25) is 0 Å². The number of thiazole rings is 1. The first-order chi connectivity index (χ1) is 10.1. The number of rotatable bonds is 3. The number of hydrogen-bond acceptors (Lipinski definition) is 5. The summed E-state index contributed by atoms with van der Waals surface area (Å²) >= 11 is 1.37. The van der Waals surface area contributed by atoms with Gasteiger partial charge < -0.3 is 14.7 Å². The molecule has 114 valence electrons. The van der Waals surface area contributed by atoms with Crippen LogP contribution >= 0.6 is 11.3 Å². The second-order valence-electron chi connectivity index (χ2n) is 5.49. The van der Waals surface area contributed by atoms with Gasteiger partial charge in [0.05, 0.1) is 12.1 Å². The van der Waals surface area contributed by atoms with E-state index in [9.17, 15) is 9.59 Å². The minimum Gasteiger partial charge on any atom is -0.481 e. The van der Waals surface area contributed by atoms with Gasteiger partial charge >= 0.3 is 5.97 Å².